The Morgan fingerprint density at radius 1 is 1.48 bits per heavy atom. The summed E-state index contributed by atoms with van der Waals surface area (Å²) in [6.45, 7) is 6.51. The van der Waals surface area contributed by atoms with Gasteiger partial charge in [-0.05, 0) is 48.5 Å². The fourth-order valence-electron chi connectivity index (χ4n) is 2.78. The van der Waals surface area contributed by atoms with Crippen LogP contribution in [0.3, 0.4) is 0 Å². The highest BCUT2D eigenvalue weighted by atomic mass is 32.2. The van der Waals surface area contributed by atoms with Crippen molar-refractivity contribution >= 4 is 17.7 Å². The SMILES string of the molecule is CCN(CC)C(CNC(=O)CSc1nnnn1C1CC1)c1ccco1. The van der Waals surface area contributed by atoms with E-state index in [2.05, 4.69) is 39.6 Å². The van der Waals surface area contributed by atoms with Gasteiger partial charge in [-0.15, -0.1) is 5.10 Å². The number of carbonyl (C=O) groups excluding carboxylic acids is 1. The average molecular weight is 364 g/mol. The van der Waals surface area contributed by atoms with Crippen LogP contribution in [-0.4, -0.2) is 56.4 Å². The zero-order valence-electron chi connectivity index (χ0n) is 14.6. The lowest BCUT2D eigenvalue weighted by Crippen LogP contribution is -2.38. The lowest BCUT2D eigenvalue weighted by Gasteiger charge is -2.28. The maximum Gasteiger partial charge on any atom is 0.230 e. The standard InChI is InChI=1S/C16H24N6O2S/c1-3-21(4-2)13(14-6-5-9-24-14)10-17-15(23)11-25-16-18-19-20-22(16)12-7-8-12/h5-6,9,12-13H,3-4,7-8,10-11H2,1-2H3,(H,17,23). The fourth-order valence-corrected chi connectivity index (χ4v) is 3.55. The minimum atomic E-state index is -0.0286. The van der Waals surface area contributed by atoms with Crippen LogP contribution in [0, 0.1) is 0 Å². The van der Waals surface area contributed by atoms with Crippen LogP contribution >= 0.6 is 11.8 Å². The van der Waals surface area contributed by atoms with Crippen molar-refractivity contribution in [3.63, 3.8) is 0 Å². The number of aromatic nitrogens is 4. The van der Waals surface area contributed by atoms with Crippen LogP contribution in [0.15, 0.2) is 28.0 Å². The van der Waals surface area contributed by atoms with Gasteiger partial charge in [0, 0.05) is 6.54 Å². The molecule has 9 heteroatoms. The highest BCUT2D eigenvalue weighted by Gasteiger charge is 2.28. The first-order chi connectivity index (χ1) is 12.2. The molecule has 136 valence electrons. The van der Waals surface area contributed by atoms with Crippen molar-refractivity contribution in [2.24, 2.45) is 0 Å². The molecule has 2 heterocycles. The molecular weight excluding hydrogens is 340 g/mol. The molecule has 0 aliphatic heterocycles. The molecule has 0 aromatic carbocycles. The van der Waals surface area contributed by atoms with Crippen LogP contribution in [0.5, 0.6) is 0 Å². The van der Waals surface area contributed by atoms with Crippen LogP contribution in [0.2, 0.25) is 0 Å². The van der Waals surface area contributed by atoms with Crippen LogP contribution in [0.25, 0.3) is 0 Å². The molecule has 1 aliphatic carbocycles. The van der Waals surface area contributed by atoms with Gasteiger partial charge in [0.25, 0.3) is 0 Å². The number of tetrazole rings is 1. The number of hydrogen-bond donors (Lipinski definition) is 1. The minimum absolute atomic E-state index is 0.0286. The Hall–Kier alpha value is -1.87. The van der Waals surface area contributed by atoms with E-state index in [4.69, 9.17) is 4.42 Å². The minimum Gasteiger partial charge on any atom is -0.468 e. The molecule has 0 spiro atoms. The molecule has 1 atom stereocenters. The molecule has 3 rings (SSSR count). The summed E-state index contributed by atoms with van der Waals surface area (Å²) in [5, 5.41) is 15.4. The molecule has 1 aliphatic rings. The van der Waals surface area contributed by atoms with Gasteiger partial charge >= 0.3 is 0 Å². The van der Waals surface area contributed by atoms with Crippen molar-refractivity contribution in [1.29, 1.82) is 0 Å². The topological polar surface area (TPSA) is 89.1 Å². The normalized spacial score (nSPS) is 15.5. The van der Waals surface area contributed by atoms with Gasteiger partial charge in [0.2, 0.25) is 11.1 Å². The number of likely N-dealkylation sites (N-methyl/N-ethyl adjacent to an activating group) is 1. The third kappa shape index (κ3) is 4.60. The van der Waals surface area contributed by atoms with Gasteiger partial charge < -0.3 is 9.73 Å². The molecule has 1 fully saturated rings. The second-order valence-electron chi connectivity index (χ2n) is 5.98. The monoisotopic (exact) mass is 364 g/mol. The first kappa shape index (κ1) is 17.9. The van der Waals surface area contributed by atoms with E-state index in [9.17, 15) is 4.79 Å². The molecule has 0 bridgehead atoms. The molecule has 0 radical (unpaired) electrons. The van der Waals surface area contributed by atoms with E-state index in [1.54, 1.807) is 6.26 Å². The van der Waals surface area contributed by atoms with E-state index in [1.807, 2.05) is 16.8 Å². The van der Waals surface area contributed by atoms with Gasteiger partial charge in [0.05, 0.1) is 24.1 Å². The fraction of sp³-hybridized carbons (Fsp3) is 0.625. The average Bonchev–Trinajstić information content (AvgIpc) is 3.12. The summed E-state index contributed by atoms with van der Waals surface area (Å²) < 4.78 is 7.37. The lowest BCUT2D eigenvalue weighted by atomic mass is 10.2. The predicted octanol–water partition coefficient (Wildman–Crippen LogP) is 1.89. The summed E-state index contributed by atoms with van der Waals surface area (Å²) >= 11 is 1.38. The highest BCUT2D eigenvalue weighted by molar-refractivity contribution is 7.99. The van der Waals surface area contributed by atoms with Gasteiger partial charge in [-0.25, -0.2) is 4.68 Å². The second kappa shape index (κ2) is 8.48. The molecule has 25 heavy (non-hydrogen) atoms. The van der Waals surface area contributed by atoms with E-state index in [0.717, 1.165) is 31.7 Å². The van der Waals surface area contributed by atoms with Gasteiger partial charge in [0.1, 0.15) is 5.76 Å². The lowest BCUT2D eigenvalue weighted by molar-refractivity contribution is -0.118. The molecule has 1 amide bonds. The number of thioether (sulfide) groups is 1. The molecule has 1 unspecified atom stereocenters. The van der Waals surface area contributed by atoms with E-state index in [1.165, 1.54) is 11.8 Å². The number of nitrogens with zero attached hydrogens (tertiary/aromatic N) is 5. The van der Waals surface area contributed by atoms with E-state index in [0.29, 0.717) is 23.5 Å². The van der Waals surface area contributed by atoms with Crippen LogP contribution in [0.1, 0.15) is 44.5 Å². The predicted molar refractivity (Wildman–Crippen MR) is 94.2 cm³/mol. The largest absolute Gasteiger partial charge is 0.468 e. The third-order valence-corrected chi connectivity index (χ3v) is 5.24. The molecule has 2 aromatic heterocycles. The van der Waals surface area contributed by atoms with Crippen LogP contribution < -0.4 is 5.32 Å². The Balaban J connectivity index is 1.51. The van der Waals surface area contributed by atoms with Gasteiger partial charge in [0.15, 0.2) is 0 Å². The molecule has 0 saturated heterocycles. The number of hydrogen-bond acceptors (Lipinski definition) is 7. The van der Waals surface area contributed by atoms with Gasteiger partial charge in [-0.1, -0.05) is 25.6 Å². The smallest absolute Gasteiger partial charge is 0.230 e. The van der Waals surface area contributed by atoms with E-state index < -0.39 is 0 Å². The van der Waals surface area contributed by atoms with Crippen molar-refractivity contribution < 1.29 is 9.21 Å². The summed E-state index contributed by atoms with van der Waals surface area (Å²) in [6, 6.07) is 4.27. The Morgan fingerprint density at radius 3 is 2.92 bits per heavy atom. The summed E-state index contributed by atoms with van der Waals surface area (Å²) in [4.78, 5) is 14.5. The number of carbonyl (C=O) groups is 1. The third-order valence-electron chi connectivity index (χ3n) is 4.31. The maximum atomic E-state index is 12.2. The van der Waals surface area contributed by atoms with Crippen LogP contribution in [0.4, 0.5) is 0 Å². The first-order valence-electron chi connectivity index (χ1n) is 8.67. The number of nitrogens with one attached hydrogen (secondary N) is 1. The van der Waals surface area contributed by atoms with E-state index in [-0.39, 0.29) is 11.9 Å². The van der Waals surface area contributed by atoms with Gasteiger partial charge in [-0.3, -0.25) is 9.69 Å². The highest BCUT2D eigenvalue weighted by Crippen LogP contribution is 2.36. The Kier molecular flexibility index (Phi) is 6.09. The zero-order chi connectivity index (χ0) is 17.6. The van der Waals surface area contributed by atoms with Crippen molar-refractivity contribution in [3.8, 4) is 0 Å². The Bertz CT molecular complexity index is 666. The number of amides is 1. The Labute approximate surface area is 151 Å². The summed E-state index contributed by atoms with van der Waals surface area (Å²) in [6.07, 6.45) is 3.89. The molecule has 1 saturated carbocycles. The molecule has 2 aromatic rings. The molecule has 1 N–H and O–H groups in total. The summed E-state index contributed by atoms with van der Waals surface area (Å²) in [5.74, 6) is 1.14. The van der Waals surface area contributed by atoms with E-state index >= 15 is 0 Å². The van der Waals surface area contributed by atoms with Crippen molar-refractivity contribution in [2.45, 2.75) is 43.9 Å². The van der Waals surface area contributed by atoms with Crippen molar-refractivity contribution in [3.05, 3.63) is 24.2 Å². The molecular formula is C16H24N6O2S. The number of rotatable bonds is 10. The van der Waals surface area contributed by atoms with Crippen molar-refractivity contribution in [1.82, 2.24) is 30.4 Å². The van der Waals surface area contributed by atoms with Crippen LogP contribution in [-0.2, 0) is 4.79 Å². The summed E-state index contributed by atoms with van der Waals surface area (Å²) in [5.41, 5.74) is 0. The van der Waals surface area contributed by atoms with Gasteiger partial charge in [-0.2, -0.15) is 0 Å². The number of furan rings is 1. The first-order valence-corrected chi connectivity index (χ1v) is 9.66. The summed E-state index contributed by atoms with van der Waals surface area (Å²) in [7, 11) is 0. The second-order valence-corrected chi connectivity index (χ2v) is 6.92. The quantitative estimate of drug-likeness (QED) is 0.644. The Morgan fingerprint density at radius 2 is 2.28 bits per heavy atom. The zero-order valence-corrected chi connectivity index (χ0v) is 15.4. The van der Waals surface area contributed by atoms with Crippen molar-refractivity contribution in [2.75, 3.05) is 25.4 Å². The molecule has 8 nitrogen and oxygen atoms in total. The maximum absolute atomic E-state index is 12.2.